The molecule has 1 rings (SSSR count). The summed E-state index contributed by atoms with van der Waals surface area (Å²) in [5.74, 6) is 0.208. The number of carbonyl (C=O) groups is 1. The minimum atomic E-state index is -0.0647. The van der Waals surface area contributed by atoms with Crippen molar-refractivity contribution in [2.45, 2.75) is 32.7 Å². The molecule has 0 unspecified atom stereocenters. The smallest absolute Gasteiger partial charge is 0.225 e. The summed E-state index contributed by atoms with van der Waals surface area (Å²) in [7, 11) is 0. The first-order valence-corrected chi connectivity index (χ1v) is 4.40. The molecule has 1 saturated heterocycles. The van der Waals surface area contributed by atoms with E-state index in [0.29, 0.717) is 19.6 Å². The summed E-state index contributed by atoms with van der Waals surface area (Å²) in [5, 5.41) is 0. The number of carbonyl (C=O) groups excluding carboxylic acids is 1. The highest BCUT2D eigenvalue weighted by molar-refractivity contribution is 5.77. The number of ether oxygens (including phenoxy) is 1. The number of hydrogen-bond acceptors (Lipinski definition) is 2. The van der Waals surface area contributed by atoms with Crippen LogP contribution in [0.2, 0.25) is 0 Å². The molecule has 3 heteroatoms. The number of hydrogen-bond donors (Lipinski definition) is 0. The maximum absolute atomic E-state index is 11.5. The van der Waals surface area contributed by atoms with E-state index in [1.807, 2.05) is 4.90 Å². The topological polar surface area (TPSA) is 29.5 Å². The second-order valence-electron chi connectivity index (χ2n) is 4.08. The van der Waals surface area contributed by atoms with E-state index in [2.05, 4.69) is 20.8 Å². The average molecular weight is 171 g/mol. The molecule has 1 aliphatic rings. The Balaban J connectivity index is 2.66. The molecule has 1 aliphatic heterocycles. The zero-order valence-corrected chi connectivity index (χ0v) is 8.09. The molecule has 1 amide bonds. The summed E-state index contributed by atoms with van der Waals surface area (Å²) in [6.07, 6.45) is 0.525. The summed E-state index contributed by atoms with van der Waals surface area (Å²) in [5.41, 5.74) is -0.0647. The van der Waals surface area contributed by atoms with E-state index in [9.17, 15) is 4.79 Å². The molecule has 0 radical (unpaired) electrons. The van der Waals surface area contributed by atoms with Gasteiger partial charge in [0.1, 0.15) is 0 Å². The average Bonchev–Trinajstić information content (AvgIpc) is 2.11. The monoisotopic (exact) mass is 171 g/mol. The van der Waals surface area contributed by atoms with E-state index < -0.39 is 0 Å². The van der Waals surface area contributed by atoms with Gasteiger partial charge in [-0.1, -0.05) is 0 Å². The molecule has 1 heterocycles. The fourth-order valence-electron chi connectivity index (χ4n) is 1.39. The highest BCUT2D eigenvalue weighted by Crippen LogP contribution is 2.15. The van der Waals surface area contributed by atoms with Gasteiger partial charge in [-0.3, -0.25) is 4.79 Å². The molecule has 1 fully saturated rings. The fourth-order valence-corrected chi connectivity index (χ4v) is 1.39. The van der Waals surface area contributed by atoms with Crippen molar-refractivity contribution >= 4 is 5.91 Å². The highest BCUT2D eigenvalue weighted by atomic mass is 16.5. The predicted octanol–water partition coefficient (Wildman–Crippen LogP) is 1.03. The molecule has 0 N–H and O–H groups in total. The third-order valence-electron chi connectivity index (χ3n) is 2.03. The molecule has 0 aliphatic carbocycles. The van der Waals surface area contributed by atoms with Gasteiger partial charge < -0.3 is 9.64 Å². The Morgan fingerprint density at radius 3 is 2.58 bits per heavy atom. The van der Waals surface area contributed by atoms with E-state index >= 15 is 0 Å². The van der Waals surface area contributed by atoms with E-state index in [1.54, 1.807) is 0 Å². The molecule has 70 valence electrons. The van der Waals surface area contributed by atoms with Crippen molar-refractivity contribution in [3.63, 3.8) is 0 Å². The standard InChI is InChI=1S/C9H17NO2/c1-9(2,3)10-5-7-12-6-4-8(10)11/h4-7H2,1-3H3. The van der Waals surface area contributed by atoms with Gasteiger partial charge in [0.2, 0.25) is 5.91 Å². The van der Waals surface area contributed by atoms with Crippen LogP contribution in [0.15, 0.2) is 0 Å². The maximum Gasteiger partial charge on any atom is 0.225 e. The summed E-state index contributed by atoms with van der Waals surface area (Å²) in [6, 6.07) is 0. The molecule has 12 heavy (non-hydrogen) atoms. The van der Waals surface area contributed by atoms with Crippen LogP contribution in [-0.2, 0) is 9.53 Å². The van der Waals surface area contributed by atoms with Crippen molar-refractivity contribution < 1.29 is 9.53 Å². The van der Waals surface area contributed by atoms with Crippen LogP contribution in [0.4, 0.5) is 0 Å². The zero-order chi connectivity index (χ0) is 9.19. The minimum absolute atomic E-state index is 0.0647. The number of amides is 1. The van der Waals surface area contributed by atoms with Gasteiger partial charge in [0, 0.05) is 12.1 Å². The molecule has 0 aromatic rings. The molecule has 0 spiro atoms. The second-order valence-corrected chi connectivity index (χ2v) is 4.08. The molecule has 0 saturated carbocycles. The largest absolute Gasteiger partial charge is 0.379 e. The van der Waals surface area contributed by atoms with Crippen molar-refractivity contribution in [3.8, 4) is 0 Å². The van der Waals surface area contributed by atoms with Crippen LogP contribution in [0.3, 0.4) is 0 Å². The lowest BCUT2D eigenvalue weighted by molar-refractivity contribution is -0.134. The Hall–Kier alpha value is -0.570. The zero-order valence-electron chi connectivity index (χ0n) is 8.09. The van der Waals surface area contributed by atoms with Crippen molar-refractivity contribution in [2.75, 3.05) is 19.8 Å². The van der Waals surface area contributed by atoms with Gasteiger partial charge in [0.05, 0.1) is 19.6 Å². The third-order valence-corrected chi connectivity index (χ3v) is 2.03. The van der Waals surface area contributed by atoms with Gasteiger partial charge >= 0.3 is 0 Å². The fraction of sp³-hybridized carbons (Fsp3) is 0.889. The SMILES string of the molecule is CC(C)(C)N1CCOCCC1=O. The molecular weight excluding hydrogens is 154 g/mol. The molecule has 0 aromatic carbocycles. The maximum atomic E-state index is 11.5. The van der Waals surface area contributed by atoms with Crippen molar-refractivity contribution in [2.24, 2.45) is 0 Å². The van der Waals surface area contributed by atoms with Gasteiger partial charge in [-0.15, -0.1) is 0 Å². The highest BCUT2D eigenvalue weighted by Gasteiger charge is 2.27. The normalized spacial score (nSPS) is 20.9. The van der Waals surface area contributed by atoms with Crippen LogP contribution in [0, 0.1) is 0 Å². The summed E-state index contributed by atoms with van der Waals surface area (Å²) >= 11 is 0. The summed E-state index contributed by atoms with van der Waals surface area (Å²) in [6.45, 7) is 8.12. The van der Waals surface area contributed by atoms with E-state index in [0.717, 1.165) is 6.54 Å². The van der Waals surface area contributed by atoms with Gasteiger partial charge in [-0.05, 0) is 20.8 Å². The van der Waals surface area contributed by atoms with Crippen LogP contribution in [0.1, 0.15) is 27.2 Å². The third kappa shape index (κ3) is 2.21. The summed E-state index contributed by atoms with van der Waals surface area (Å²) < 4.78 is 5.23. The van der Waals surface area contributed by atoms with Crippen molar-refractivity contribution in [1.82, 2.24) is 4.90 Å². The van der Waals surface area contributed by atoms with Crippen molar-refractivity contribution in [3.05, 3.63) is 0 Å². The number of rotatable bonds is 0. The van der Waals surface area contributed by atoms with Crippen LogP contribution < -0.4 is 0 Å². The van der Waals surface area contributed by atoms with Crippen molar-refractivity contribution in [1.29, 1.82) is 0 Å². The first kappa shape index (κ1) is 9.52. The Labute approximate surface area is 73.7 Å². The lowest BCUT2D eigenvalue weighted by Crippen LogP contribution is -2.46. The van der Waals surface area contributed by atoms with E-state index in [1.165, 1.54) is 0 Å². The van der Waals surface area contributed by atoms with Crippen LogP contribution in [0.5, 0.6) is 0 Å². The summed E-state index contributed by atoms with van der Waals surface area (Å²) in [4.78, 5) is 13.4. The molecule has 3 nitrogen and oxygen atoms in total. The predicted molar refractivity (Wildman–Crippen MR) is 46.9 cm³/mol. The van der Waals surface area contributed by atoms with Crippen LogP contribution in [0.25, 0.3) is 0 Å². The van der Waals surface area contributed by atoms with E-state index in [4.69, 9.17) is 4.74 Å². The first-order valence-electron chi connectivity index (χ1n) is 4.40. The van der Waals surface area contributed by atoms with E-state index in [-0.39, 0.29) is 11.4 Å². The minimum Gasteiger partial charge on any atom is -0.379 e. The van der Waals surface area contributed by atoms with Gasteiger partial charge in [-0.2, -0.15) is 0 Å². The van der Waals surface area contributed by atoms with Gasteiger partial charge in [0.25, 0.3) is 0 Å². The van der Waals surface area contributed by atoms with Gasteiger partial charge in [0.15, 0.2) is 0 Å². The quantitative estimate of drug-likeness (QED) is 0.545. The molecule has 0 atom stereocenters. The lowest BCUT2D eigenvalue weighted by atomic mass is 10.1. The first-order chi connectivity index (χ1) is 5.52. The van der Waals surface area contributed by atoms with Crippen LogP contribution >= 0.6 is 0 Å². The lowest BCUT2D eigenvalue weighted by Gasteiger charge is -2.34. The van der Waals surface area contributed by atoms with Gasteiger partial charge in [-0.25, -0.2) is 0 Å². The Morgan fingerprint density at radius 2 is 2.00 bits per heavy atom. The molecule has 0 aromatic heterocycles. The van der Waals surface area contributed by atoms with Crippen LogP contribution in [-0.4, -0.2) is 36.1 Å². The Bertz CT molecular complexity index is 172. The second kappa shape index (κ2) is 3.44. The Morgan fingerprint density at radius 1 is 1.33 bits per heavy atom. The number of nitrogens with zero attached hydrogens (tertiary/aromatic N) is 1. The molecule has 0 bridgehead atoms. The Kier molecular flexibility index (Phi) is 2.73. The molecular formula is C9H17NO2.